The van der Waals surface area contributed by atoms with Gasteiger partial charge >= 0.3 is 0 Å². The van der Waals surface area contributed by atoms with Crippen LogP contribution in [0.25, 0.3) is 0 Å². The fourth-order valence-corrected chi connectivity index (χ4v) is 2.29. The number of fused-ring (bicyclic) bond motifs is 2. The van der Waals surface area contributed by atoms with Crippen molar-refractivity contribution in [3.63, 3.8) is 0 Å². The molecule has 0 amide bonds. The lowest BCUT2D eigenvalue weighted by Crippen LogP contribution is -1.93. The highest BCUT2D eigenvalue weighted by molar-refractivity contribution is 5.59. The quantitative estimate of drug-likeness (QED) is 0.616. The Kier molecular flexibility index (Phi) is 4.64. The van der Waals surface area contributed by atoms with Crippen LogP contribution in [0.15, 0.2) is 30.3 Å². The monoisotopic (exact) mass is 349 g/mol. The number of benzene rings is 2. The Morgan fingerprint density at radius 1 is 0.920 bits per heavy atom. The molecule has 9 heteroatoms. The van der Waals surface area contributed by atoms with Crippen LogP contribution in [0.1, 0.15) is 0 Å². The van der Waals surface area contributed by atoms with E-state index in [9.17, 15) is 10.1 Å². The van der Waals surface area contributed by atoms with E-state index in [1.165, 1.54) is 19.2 Å². The fraction of sp³-hybridized carbons (Fsp3) is 0.250. The van der Waals surface area contributed by atoms with E-state index >= 15 is 0 Å². The van der Waals surface area contributed by atoms with Crippen LogP contribution in [-0.4, -0.2) is 32.7 Å². The zero-order valence-corrected chi connectivity index (χ0v) is 13.5. The van der Waals surface area contributed by atoms with Crippen molar-refractivity contribution in [3.05, 3.63) is 40.4 Å². The van der Waals surface area contributed by atoms with Gasteiger partial charge in [-0.05, 0) is 12.1 Å². The Labute approximate surface area is 142 Å². The minimum atomic E-state index is -0.509. The van der Waals surface area contributed by atoms with Crippen molar-refractivity contribution in [1.82, 2.24) is 0 Å². The van der Waals surface area contributed by atoms with Crippen LogP contribution in [0.5, 0.6) is 34.5 Å². The van der Waals surface area contributed by atoms with Gasteiger partial charge in [-0.2, -0.15) is 0 Å². The first-order valence-electron chi connectivity index (χ1n) is 7.18. The van der Waals surface area contributed by atoms with E-state index in [-0.39, 0.29) is 19.3 Å². The number of para-hydroxylation sites is 1. The molecule has 0 atom stereocenters. The van der Waals surface area contributed by atoms with E-state index < -0.39 is 4.92 Å². The minimum absolute atomic E-state index is 0.0624. The zero-order valence-electron chi connectivity index (χ0n) is 13.5. The second-order valence-electron chi connectivity index (χ2n) is 4.83. The van der Waals surface area contributed by atoms with Gasteiger partial charge in [0.25, 0.3) is 5.69 Å². The summed E-state index contributed by atoms with van der Waals surface area (Å²) in [5.74, 6) is 3.25. The molecule has 0 spiro atoms. The summed E-state index contributed by atoms with van der Waals surface area (Å²) in [6, 6.07) is 8.17. The average molecular weight is 349 g/mol. The van der Waals surface area contributed by atoms with Crippen molar-refractivity contribution < 1.29 is 33.3 Å². The molecule has 9 nitrogen and oxygen atoms in total. The van der Waals surface area contributed by atoms with Crippen LogP contribution in [0, 0.1) is 10.1 Å². The molecular weight excluding hydrogens is 334 g/mol. The third-order valence-electron chi connectivity index (χ3n) is 3.43. The van der Waals surface area contributed by atoms with E-state index in [1.54, 1.807) is 7.11 Å². The van der Waals surface area contributed by atoms with Crippen LogP contribution < -0.4 is 28.4 Å². The molecule has 2 aromatic carbocycles. The van der Waals surface area contributed by atoms with Gasteiger partial charge < -0.3 is 28.4 Å². The average Bonchev–Trinajstić information content (AvgIpc) is 3.29. The Morgan fingerprint density at radius 3 is 2.20 bits per heavy atom. The Balaban J connectivity index is 0.000000150. The number of hydrogen-bond donors (Lipinski definition) is 0. The van der Waals surface area contributed by atoms with Crippen LogP contribution in [0.2, 0.25) is 0 Å². The van der Waals surface area contributed by atoms with Gasteiger partial charge in [0, 0.05) is 0 Å². The lowest BCUT2D eigenvalue weighted by atomic mass is 10.2. The van der Waals surface area contributed by atoms with Gasteiger partial charge in [-0.15, -0.1) is 0 Å². The standard InChI is InChI=1S/C8H7NO5.C8H8O3/c1-12-6-2-5(9(10)11)3-7-8(6)14-4-13-7;1-9-6-3-2-4-7-8(6)11-5-10-7/h2-3H,4H2,1H3;2-4H,5H2,1H3. The minimum Gasteiger partial charge on any atom is -0.493 e. The summed E-state index contributed by atoms with van der Waals surface area (Å²) in [5.41, 5.74) is -0.0777. The number of nitro groups is 1. The maximum Gasteiger partial charge on any atom is 0.277 e. The van der Waals surface area contributed by atoms with Crippen molar-refractivity contribution >= 4 is 5.69 Å². The van der Waals surface area contributed by atoms with Gasteiger partial charge in [0.2, 0.25) is 25.1 Å². The van der Waals surface area contributed by atoms with E-state index in [2.05, 4.69) is 0 Å². The topological polar surface area (TPSA) is 98.5 Å². The number of methoxy groups -OCH3 is 2. The molecule has 25 heavy (non-hydrogen) atoms. The van der Waals surface area contributed by atoms with Crippen LogP contribution in [0.4, 0.5) is 5.69 Å². The van der Waals surface area contributed by atoms with Crippen LogP contribution in [0.3, 0.4) is 0 Å². The molecule has 0 N–H and O–H groups in total. The van der Waals surface area contributed by atoms with Gasteiger partial charge in [-0.1, -0.05) is 6.07 Å². The van der Waals surface area contributed by atoms with E-state index in [1.807, 2.05) is 18.2 Å². The third kappa shape index (κ3) is 3.30. The third-order valence-corrected chi connectivity index (χ3v) is 3.43. The summed E-state index contributed by atoms with van der Waals surface area (Å²) in [6.45, 7) is 0.350. The van der Waals surface area contributed by atoms with Gasteiger partial charge in [-0.25, -0.2) is 0 Å². The van der Waals surface area contributed by atoms with Gasteiger partial charge in [0.05, 0.1) is 31.3 Å². The molecule has 0 saturated heterocycles. The number of nitro benzene ring substituents is 1. The number of non-ortho nitro benzene ring substituents is 1. The Bertz CT molecular complexity index is 792. The number of ether oxygens (including phenoxy) is 6. The van der Waals surface area contributed by atoms with Crippen molar-refractivity contribution in [2.45, 2.75) is 0 Å². The highest BCUT2D eigenvalue weighted by Crippen LogP contribution is 2.43. The predicted molar refractivity (Wildman–Crippen MR) is 84.9 cm³/mol. The molecule has 0 saturated carbocycles. The molecule has 0 bridgehead atoms. The first-order valence-corrected chi connectivity index (χ1v) is 7.18. The number of nitrogens with zero attached hydrogens (tertiary/aromatic N) is 1. The second kappa shape index (κ2) is 7.04. The second-order valence-corrected chi connectivity index (χ2v) is 4.83. The summed E-state index contributed by atoms with van der Waals surface area (Å²) < 4.78 is 30.4. The normalized spacial score (nSPS) is 12.9. The van der Waals surface area contributed by atoms with E-state index in [0.29, 0.717) is 23.0 Å². The van der Waals surface area contributed by atoms with Crippen LogP contribution in [-0.2, 0) is 0 Å². The lowest BCUT2D eigenvalue weighted by Gasteiger charge is -2.03. The summed E-state index contributed by atoms with van der Waals surface area (Å²) in [5, 5.41) is 10.5. The molecule has 0 fully saturated rings. The zero-order chi connectivity index (χ0) is 17.8. The highest BCUT2D eigenvalue weighted by atomic mass is 16.7. The van der Waals surface area contributed by atoms with Gasteiger partial charge in [0.15, 0.2) is 23.0 Å². The molecular formula is C16H15NO8. The molecule has 0 aliphatic carbocycles. The van der Waals surface area contributed by atoms with Crippen molar-refractivity contribution in [2.75, 3.05) is 27.8 Å². The summed E-state index contributed by atoms with van der Waals surface area (Å²) >= 11 is 0. The molecule has 4 rings (SSSR count). The van der Waals surface area contributed by atoms with Crippen LogP contribution >= 0.6 is 0 Å². The smallest absolute Gasteiger partial charge is 0.277 e. The molecule has 0 aromatic heterocycles. The van der Waals surface area contributed by atoms with E-state index in [0.717, 1.165) is 11.5 Å². The summed E-state index contributed by atoms with van der Waals surface area (Å²) in [6.07, 6.45) is 0. The number of rotatable bonds is 3. The first kappa shape index (κ1) is 16.5. The van der Waals surface area contributed by atoms with Crippen molar-refractivity contribution in [3.8, 4) is 34.5 Å². The molecule has 2 aliphatic rings. The predicted octanol–water partition coefficient (Wildman–Crippen LogP) is 2.76. The maximum atomic E-state index is 10.5. The largest absolute Gasteiger partial charge is 0.493 e. The summed E-state index contributed by atoms with van der Waals surface area (Å²) in [7, 11) is 3.03. The Hall–Kier alpha value is -3.36. The molecule has 0 unspecified atom stereocenters. The molecule has 2 heterocycles. The first-order chi connectivity index (χ1) is 12.1. The molecule has 2 aromatic rings. The van der Waals surface area contributed by atoms with Gasteiger partial charge in [0.1, 0.15) is 0 Å². The molecule has 2 aliphatic heterocycles. The SMILES string of the molecule is COc1cc([N+](=O)[O-])cc2c1OCO2.COc1cccc2c1OCO2. The highest BCUT2D eigenvalue weighted by Gasteiger charge is 2.23. The Morgan fingerprint density at radius 2 is 1.56 bits per heavy atom. The van der Waals surface area contributed by atoms with Gasteiger partial charge in [-0.3, -0.25) is 10.1 Å². The maximum absolute atomic E-state index is 10.5. The summed E-state index contributed by atoms with van der Waals surface area (Å²) in [4.78, 5) is 10.0. The fourth-order valence-electron chi connectivity index (χ4n) is 2.29. The lowest BCUT2D eigenvalue weighted by molar-refractivity contribution is -0.385. The number of hydrogen-bond acceptors (Lipinski definition) is 8. The van der Waals surface area contributed by atoms with Crippen molar-refractivity contribution in [1.29, 1.82) is 0 Å². The molecule has 132 valence electrons. The van der Waals surface area contributed by atoms with Crippen molar-refractivity contribution in [2.24, 2.45) is 0 Å². The molecule has 0 radical (unpaired) electrons. The van der Waals surface area contributed by atoms with E-state index in [4.69, 9.17) is 28.4 Å².